The second-order valence-electron chi connectivity index (χ2n) is 3.59. The zero-order chi connectivity index (χ0) is 11.7. The highest BCUT2D eigenvalue weighted by atomic mass is 79.9. The third-order valence-electron chi connectivity index (χ3n) is 2.53. The molecule has 1 unspecified atom stereocenters. The fraction of sp³-hybridized carbons (Fsp3) is 0.273. The largest absolute Gasteiger partial charge is 0.365 e. The highest BCUT2D eigenvalue weighted by Crippen LogP contribution is 2.22. The van der Waals surface area contributed by atoms with Crippen molar-refractivity contribution in [1.82, 2.24) is 4.98 Å². The minimum absolute atomic E-state index is 0.105. The van der Waals surface area contributed by atoms with Gasteiger partial charge in [-0.25, -0.2) is 0 Å². The first kappa shape index (κ1) is 11.0. The van der Waals surface area contributed by atoms with E-state index in [-0.39, 0.29) is 17.3 Å². The van der Waals surface area contributed by atoms with Crippen molar-refractivity contribution in [1.29, 1.82) is 0 Å². The SMILES string of the molecule is C#CC1CC(=O)N(c2c[nH]cc(Br)c2=O)C1. The Hall–Kier alpha value is -1.54. The van der Waals surface area contributed by atoms with Crippen LogP contribution in [0.1, 0.15) is 6.42 Å². The molecular formula is C11H9BrN2O2. The number of H-pyrrole nitrogens is 1. The van der Waals surface area contributed by atoms with E-state index in [1.54, 1.807) is 0 Å². The quantitative estimate of drug-likeness (QED) is 0.784. The number of anilines is 1. The maximum absolute atomic E-state index is 11.8. The van der Waals surface area contributed by atoms with Gasteiger partial charge in [0.2, 0.25) is 11.3 Å². The van der Waals surface area contributed by atoms with Gasteiger partial charge in [-0.2, -0.15) is 0 Å². The van der Waals surface area contributed by atoms with Crippen molar-refractivity contribution in [3.8, 4) is 12.3 Å². The van der Waals surface area contributed by atoms with Crippen LogP contribution in [0.25, 0.3) is 0 Å². The van der Waals surface area contributed by atoms with Gasteiger partial charge >= 0.3 is 0 Å². The summed E-state index contributed by atoms with van der Waals surface area (Å²) in [5, 5.41) is 0. The summed E-state index contributed by atoms with van der Waals surface area (Å²) < 4.78 is 0.405. The van der Waals surface area contributed by atoms with Crippen LogP contribution in [-0.2, 0) is 4.79 Å². The Morgan fingerprint density at radius 2 is 2.25 bits per heavy atom. The predicted molar refractivity (Wildman–Crippen MR) is 64.1 cm³/mol. The lowest BCUT2D eigenvalue weighted by Crippen LogP contribution is -2.29. The summed E-state index contributed by atoms with van der Waals surface area (Å²) in [4.78, 5) is 27.7. The number of halogens is 1. The molecule has 1 amide bonds. The topological polar surface area (TPSA) is 53.2 Å². The molecule has 5 heteroatoms. The minimum atomic E-state index is -0.204. The lowest BCUT2D eigenvalue weighted by atomic mass is 10.1. The number of nitrogens with zero attached hydrogens (tertiary/aromatic N) is 1. The summed E-state index contributed by atoms with van der Waals surface area (Å²) in [6.07, 6.45) is 8.64. The van der Waals surface area contributed by atoms with Crippen molar-refractivity contribution >= 4 is 27.5 Å². The van der Waals surface area contributed by atoms with E-state index >= 15 is 0 Å². The van der Waals surface area contributed by atoms with Crippen LogP contribution < -0.4 is 10.3 Å². The third-order valence-corrected chi connectivity index (χ3v) is 3.12. The molecule has 1 aromatic heterocycles. The summed E-state index contributed by atoms with van der Waals surface area (Å²) in [5.41, 5.74) is 0.141. The van der Waals surface area contributed by atoms with Gasteiger partial charge in [0.25, 0.3) is 0 Å². The molecule has 1 aliphatic heterocycles. The number of aromatic amines is 1. The predicted octanol–water partition coefficient (Wildman–Crippen LogP) is 1.12. The molecule has 1 N–H and O–H groups in total. The molecule has 16 heavy (non-hydrogen) atoms. The van der Waals surface area contributed by atoms with Gasteiger partial charge in [0.15, 0.2) is 0 Å². The average Bonchev–Trinajstić information content (AvgIpc) is 2.64. The van der Waals surface area contributed by atoms with Gasteiger partial charge in [0, 0.05) is 31.3 Å². The highest BCUT2D eigenvalue weighted by molar-refractivity contribution is 9.10. The molecule has 0 bridgehead atoms. The molecule has 82 valence electrons. The van der Waals surface area contributed by atoms with Crippen LogP contribution in [0.15, 0.2) is 21.7 Å². The number of pyridine rings is 1. The van der Waals surface area contributed by atoms with Gasteiger partial charge in [0.05, 0.1) is 4.47 Å². The van der Waals surface area contributed by atoms with Crippen molar-refractivity contribution in [3.05, 3.63) is 27.1 Å². The molecule has 0 aromatic carbocycles. The smallest absolute Gasteiger partial charge is 0.228 e. The Morgan fingerprint density at radius 1 is 1.50 bits per heavy atom. The molecule has 2 rings (SSSR count). The first-order chi connectivity index (χ1) is 7.63. The summed E-state index contributed by atoms with van der Waals surface area (Å²) in [6.45, 7) is 0.412. The third kappa shape index (κ3) is 1.76. The molecule has 0 aliphatic carbocycles. The number of rotatable bonds is 1. The highest BCUT2D eigenvalue weighted by Gasteiger charge is 2.30. The fourth-order valence-corrected chi connectivity index (χ4v) is 2.04. The molecule has 1 aliphatic rings. The normalized spacial score (nSPS) is 19.9. The van der Waals surface area contributed by atoms with Crippen LogP contribution in [0.2, 0.25) is 0 Å². The molecule has 1 saturated heterocycles. The number of amides is 1. The summed E-state index contributed by atoms with van der Waals surface area (Å²) in [7, 11) is 0. The minimum Gasteiger partial charge on any atom is -0.365 e. The number of terminal acetylenes is 1. The van der Waals surface area contributed by atoms with E-state index in [1.807, 2.05) is 0 Å². The van der Waals surface area contributed by atoms with E-state index in [1.165, 1.54) is 17.3 Å². The maximum atomic E-state index is 11.8. The molecule has 1 fully saturated rings. The molecular weight excluding hydrogens is 272 g/mol. The lowest BCUT2D eigenvalue weighted by Gasteiger charge is -2.14. The lowest BCUT2D eigenvalue weighted by molar-refractivity contribution is -0.117. The van der Waals surface area contributed by atoms with Gasteiger partial charge in [0.1, 0.15) is 5.69 Å². The molecule has 4 nitrogen and oxygen atoms in total. The van der Waals surface area contributed by atoms with Crippen LogP contribution in [0.3, 0.4) is 0 Å². The maximum Gasteiger partial charge on any atom is 0.228 e. The number of hydrogen-bond acceptors (Lipinski definition) is 2. The number of aromatic nitrogens is 1. The zero-order valence-electron chi connectivity index (χ0n) is 8.37. The Kier molecular flexibility index (Phi) is 2.84. The summed E-state index contributed by atoms with van der Waals surface area (Å²) in [6, 6.07) is 0. The van der Waals surface area contributed by atoms with Crippen molar-refractivity contribution in [2.45, 2.75) is 6.42 Å². The van der Waals surface area contributed by atoms with Crippen molar-refractivity contribution < 1.29 is 4.79 Å². The van der Waals surface area contributed by atoms with Gasteiger partial charge in [-0.05, 0) is 15.9 Å². The monoisotopic (exact) mass is 280 g/mol. The van der Waals surface area contributed by atoms with Gasteiger partial charge in [-0.3, -0.25) is 9.59 Å². The number of carbonyl (C=O) groups excluding carboxylic acids is 1. The Balaban J connectivity index is 2.40. The Morgan fingerprint density at radius 3 is 2.88 bits per heavy atom. The van der Waals surface area contributed by atoms with Gasteiger partial charge < -0.3 is 9.88 Å². The molecule has 1 aromatic rings. The molecule has 2 heterocycles. The Labute approximate surface area is 101 Å². The summed E-state index contributed by atoms with van der Waals surface area (Å²) >= 11 is 3.12. The average molecular weight is 281 g/mol. The van der Waals surface area contributed by atoms with Crippen LogP contribution >= 0.6 is 15.9 Å². The van der Waals surface area contributed by atoms with E-state index in [9.17, 15) is 9.59 Å². The zero-order valence-corrected chi connectivity index (χ0v) is 9.95. The second kappa shape index (κ2) is 4.14. The van der Waals surface area contributed by atoms with Crippen molar-refractivity contribution in [2.24, 2.45) is 5.92 Å². The summed E-state index contributed by atoms with van der Waals surface area (Å²) in [5.74, 6) is 2.33. The van der Waals surface area contributed by atoms with Crippen molar-refractivity contribution in [3.63, 3.8) is 0 Å². The fourth-order valence-electron chi connectivity index (χ4n) is 1.70. The standard InChI is InChI=1S/C11H9BrN2O2/c1-2-7-3-10(15)14(6-7)9-5-13-4-8(12)11(9)16/h1,4-5,7H,3,6H2,(H,13,16). The molecule has 0 saturated carbocycles. The Bertz CT molecular complexity index is 530. The van der Waals surface area contributed by atoms with Crippen molar-refractivity contribution in [2.75, 3.05) is 11.4 Å². The van der Waals surface area contributed by atoms with Crippen LogP contribution in [-0.4, -0.2) is 17.4 Å². The van der Waals surface area contributed by atoms with Crippen LogP contribution in [0, 0.1) is 18.3 Å². The first-order valence-electron chi connectivity index (χ1n) is 4.76. The number of nitrogens with one attached hydrogen (secondary N) is 1. The second-order valence-corrected chi connectivity index (χ2v) is 4.44. The van der Waals surface area contributed by atoms with E-state index < -0.39 is 0 Å². The first-order valence-corrected chi connectivity index (χ1v) is 5.56. The number of hydrogen-bond donors (Lipinski definition) is 1. The molecule has 0 spiro atoms. The van der Waals surface area contributed by atoms with Gasteiger partial charge in [-0.15, -0.1) is 12.3 Å². The van der Waals surface area contributed by atoms with Crippen LogP contribution in [0.4, 0.5) is 5.69 Å². The van der Waals surface area contributed by atoms with E-state index in [2.05, 4.69) is 26.8 Å². The molecule has 1 atom stereocenters. The van der Waals surface area contributed by atoms with E-state index in [4.69, 9.17) is 6.42 Å². The van der Waals surface area contributed by atoms with E-state index in [0.717, 1.165) is 0 Å². The number of carbonyl (C=O) groups is 1. The van der Waals surface area contributed by atoms with Gasteiger partial charge in [-0.1, -0.05) is 0 Å². The van der Waals surface area contributed by atoms with E-state index in [0.29, 0.717) is 23.1 Å². The van der Waals surface area contributed by atoms with Crippen LogP contribution in [0.5, 0.6) is 0 Å². The molecule has 0 radical (unpaired) electrons.